The minimum Gasteiger partial charge on any atom is -0.481 e. The highest BCUT2D eigenvalue weighted by atomic mass is 127. The van der Waals surface area contributed by atoms with Gasteiger partial charge in [-0.15, -0.1) is 6.58 Å². The summed E-state index contributed by atoms with van der Waals surface area (Å²) in [6, 6.07) is 0. The lowest BCUT2D eigenvalue weighted by Gasteiger charge is -2.19. The van der Waals surface area contributed by atoms with Crippen molar-refractivity contribution in [3.8, 4) is 0 Å². The normalized spacial score (nSPS) is 26.7. The van der Waals surface area contributed by atoms with Gasteiger partial charge in [0, 0.05) is 85.0 Å². The predicted molar refractivity (Wildman–Crippen MR) is 387 cm³/mol. The van der Waals surface area contributed by atoms with Crippen LogP contribution in [0.2, 0.25) is 0 Å². The summed E-state index contributed by atoms with van der Waals surface area (Å²) in [5.74, 6) is -2.19. The molecule has 25 nitrogen and oxygen atoms in total. The van der Waals surface area contributed by atoms with Crippen molar-refractivity contribution in [1.82, 2.24) is 44.1 Å². The molecule has 0 amide bonds. The molecular formula is C67H130IN9O16S2. The van der Waals surface area contributed by atoms with Crippen LogP contribution in [0.5, 0.6) is 0 Å². The van der Waals surface area contributed by atoms with Crippen LogP contribution in [0.25, 0.3) is 0 Å². The van der Waals surface area contributed by atoms with E-state index < -0.39 is 51.8 Å². The van der Waals surface area contributed by atoms with Gasteiger partial charge in [-0.1, -0.05) is 28.7 Å². The second-order valence-corrected chi connectivity index (χ2v) is 30.5. The Labute approximate surface area is 591 Å². The lowest BCUT2D eigenvalue weighted by atomic mass is 9.91. The highest BCUT2D eigenvalue weighted by molar-refractivity contribution is 14.1. The fourth-order valence-electron chi connectivity index (χ4n) is 13.1. The van der Waals surface area contributed by atoms with Gasteiger partial charge in [-0.05, 0) is 246 Å². The summed E-state index contributed by atoms with van der Waals surface area (Å²) in [6.45, 7) is 27.3. The molecular weight excluding hydrogens is 1380 g/mol. The number of carbonyl (C=O) groups is 5. The third-order valence-corrected chi connectivity index (χ3v) is 19.9. The number of hydrogen-bond acceptors (Lipinski definition) is 23. The number of aliphatic carboxylic acids is 3. The summed E-state index contributed by atoms with van der Waals surface area (Å²) in [5, 5.41) is 43.3. The lowest BCUT2D eigenvalue weighted by Crippen LogP contribution is -2.35. The van der Waals surface area contributed by atoms with Crippen LogP contribution in [0.4, 0.5) is 0 Å². The monoisotopic (exact) mass is 1510 g/mol. The molecule has 9 rings (SSSR count). The second-order valence-electron chi connectivity index (χ2n) is 27.5. The number of halogens is 1. The van der Waals surface area contributed by atoms with Gasteiger partial charge in [0.05, 0.1) is 44.2 Å². The van der Waals surface area contributed by atoms with E-state index in [1.807, 2.05) is 33.1 Å². The maximum absolute atomic E-state index is 11.8. The van der Waals surface area contributed by atoms with Crippen molar-refractivity contribution in [2.24, 2.45) is 53.3 Å². The topological polar surface area (TPSA) is 287 Å². The molecule has 0 radical (unpaired) electrons. The number of likely N-dealkylation sites (N-methyl/N-ethyl adjacent to an activating group) is 2. The number of rotatable bonds is 21. The number of aliphatic hydroxyl groups excluding tert-OH is 2. The van der Waals surface area contributed by atoms with Gasteiger partial charge in [0.15, 0.2) is 11.8 Å². The number of carboxylic acid groups (broad SMARTS) is 3. The van der Waals surface area contributed by atoms with E-state index >= 15 is 0 Å². The van der Waals surface area contributed by atoms with Crippen molar-refractivity contribution in [2.45, 2.75) is 110 Å². The number of aliphatic hydroxyl groups is 2. The van der Waals surface area contributed by atoms with Gasteiger partial charge in [0.1, 0.15) is 0 Å². The van der Waals surface area contributed by atoms with Gasteiger partial charge < -0.3 is 83.8 Å². The van der Waals surface area contributed by atoms with Crippen molar-refractivity contribution in [2.75, 3.05) is 224 Å². The number of alkyl halides is 1. The summed E-state index contributed by atoms with van der Waals surface area (Å²) in [4.78, 5) is 75.1. The third-order valence-electron chi connectivity index (χ3n) is 18.5. The van der Waals surface area contributed by atoms with E-state index in [-0.39, 0.29) is 31.2 Å². The number of nitrogens with zero attached hydrogens (tertiary/aromatic N) is 9. The molecule has 9 saturated heterocycles. The second kappa shape index (κ2) is 51.7. The van der Waals surface area contributed by atoms with E-state index in [0.29, 0.717) is 56.5 Å². The number of likely N-dealkylation sites (tertiary alicyclic amines) is 9. The van der Waals surface area contributed by atoms with Crippen molar-refractivity contribution in [3.05, 3.63) is 12.7 Å². The molecule has 9 aliphatic rings. The molecule has 9 aliphatic heterocycles. The maximum atomic E-state index is 11.8. The van der Waals surface area contributed by atoms with Crippen LogP contribution in [-0.4, -0.2) is 344 Å². The summed E-state index contributed by atoms with van der Waals surface area (Å²) in [7, 11) is 15.4. The van der Waals surface area contributed by atoms with Crippen molar-refractivity contribution in [3.63, 3.8) is 0 Å². The Morgan fingerprint density at radius 1 is 0.537 bits per heavy atom. The Morgan fingerprint density at radius 2 is 0.926 bits per heavy atom. The average Bonchev–Trinajstić information content (AvgIpc) is 1.88. The first kappa shape index (κ1) is 90.6. The average molecular weight is 1510 g/mol. The van der Waals surface area contributed by atoms with Gasteiger partial charge in [-0.25, -0.2) is 0 Å². The van der Waals surface area contributed by atoms with Gasteiger partial charge in [-0.2, -0.15) is 21.0 Å². The lowest BCUT2D eigenvalue weighted by molar-refractivity contribution is -0.164. The predicted octanol–water partition coefficient (Wildman–Crippen LogP) is 4.61. The van der Waals surface area contributed by atoms with E-state index in [4.69, 9.17) is 39.7 Å². The first-order valence-corrected chi connectivity index (χ1v) is 38.6. The van der Waals surface area contributed by atoms with Crippen LogP contribution >= 0.6 is 35.2 Å². The smallest absolute Gasteiger partial charge is 0.320 e. The van der Waals surface area contributed by atoms with Gasteiger partial charge in [-0.3, -0.25) is 28.2 Å². The highest BCUT2D eigenvalue weighted by Gasteiger charge is 2.41. The molecule has 0 aliphatic carbocycles. The molecule has 9 heterocycles. The SMILES string of the molecule is C=C[C@H]1CCN(C)C1.CCOC(=O)C(C(=O)OCC)[C@H]1CCN(C)C1.CN1CC[C@@H](O)C1.CN1CC[C@@H](OCS)C1.CN1CC[C@H](C(C(=O)O)C(=O)O)C1.CN1CC[C@H](CC(=O)O)C1.CN1CC[C@H](CCI)C1.CN1CC[C@H](CCO)C1.CN1CC[C@H](CCOS(C)(=O)=O)C1. The molecule has 9 atom stereocenters. The molecule has 0 bridgehead atoms. The van der Waals surface area contributed by atoms with Gasteiger partial charge >= 0.3 is 29.8 Å². The fraction of sp³-hybridized carbons (Fsp3) is 0.896. The molecule has 95 heavy (non-hydrogen) atoms. The third kappa shape index (κ3) is 43.1. The Balaban J connectivity index is 0.000000541. The van der Waals surface area contributed by atoms with Crippen LogP contribution in [0.1, 0.15) is 97.3 Å². The minimum atomic E-state index is -3.24. The zero-order valence-corrected chi connectivity index (χ0v) is 64.2. The fourth-order valence-corrected chi connectivity index (χ4v) is 14.6. The maximum Gasteiger partial charge on any atom is 0.320 e. The molecule has 0 aromatic carbocycles. The number of β-amino-alcohol motifs (C(OH)–C–C–N with tert-alkyl or cyclic N) is 1. The molecule has 9 fully saturated rings. The van der Waals surface area contributed by atoms with Crippen LogP contribution in [0.3, 0.4) is 0 Å². The molecule has 5 N–H and O–H groups in total. The first-order valence-electron chi connectivity index (χ1n) is 34.6. The molecule has 0 aromatic rings. The number of carboxylic acids is 3. The summed E-state index contributed by atoms with van der Waals surface area (Å²) >= 11 is 6.45. The van der Waals surface area contributed by atoms with Gasteiger partial charge in [0.2, 0.25) is 0 Å². The zero-order chi connectivity index (χ0) is 71.6. The number of thiol groups is 1. The van der Waals surface area contributed by atoms with E-state index in [2.05, 4.69) is 126 Å². The largest absolute Gasteiger partial charge is 0.481 e. The molecule has 0 spiro atoms. The van der Waals surface area contributed by atoms with Gasteiger partial charge in [0.25, 0.3) is 10.1 Å². The van der Waals surface area contributed by atoms with Crippen molar-refractivity contribution in [1.29, 1.82) is 0 Å². The van der Waals surface area contributed by atoms with E-state index in [9.17, 15) is 32.4 Å². The van der Waals surface area contributed by atoms with E-state index in [0.717, 1.165) is 134 Å². The highest BCUT2D eigenvalue weighted by Crippen LogP contribution is 2.27. The van der Waals surface area contributed by atoms with Crippen LogP contribution in [0, 0.1) is 53.3 Å². The minimum absolute atomic E-state index is 0.0121. The molecule has 0 saturated carbocycles. The molecule has 28 heteroatoms. The van der Waals surface area contributed by atoms with E-state index in [1.54, 1.807) is 13.8 Å². The quantitative estimate of drug-likeness (QED) is 0.0134. The Morgan fingerprint density at radius 3 is 1.22 bits per heavy atom. The van der Waals surface area contributed by atoms with Crippen LogP contribution < -0.4 is 0 Å². The molecule has 0 unspecified atom stereocenters. The number of ether oxygens (including phenoxy) is 3. The number of carbonyl (C=O) groups excluding carboxylic acids is 2. The Kier molecular flexibility index (Phi) is 49.3. The van der Waals surface area contributed by atoms with Crippen molar-refractivity contribution < 1.29 is 76.3 Å². The Bertz CT molecular complexity index is 2130. The standard InChI is InChI=1S/C12H21NO4.C8H13NO4.C8H17NO3S.C7H14IN.C7H13NO2.C7H15NO.C7H13N.C6H13NOS.C5H11NO/c1-4-16-11(14)10(12(15)17-5-2)9-6-7-13(3)8-9;1-9-3-2-5(4-9)6(7(10)11)8(12)13;1-9-5-3-8(7-9)4-6-12-13(2,10)11;1-9-5-3-7(6-9)2-4-8;1-8-3-2-6(5-8)4-7(9)10;1-8-4-2-7(6-8)3-5-9;1-3-7-4-5-8(2)6-7;1-7-3-2-6(4-7)8-5-9;1-6-3-2-5(7)4-6/h9-10H,4-8H2,1-3H3;5-6H,2-4H2,1H3,(H,10,11)(H,12,13);8H,3-7H2,1-2H3;7H,2-6H2,1H3;6H,2-5H2,1H3,(H,9,10);7,9H,2-6H2,1H3;3,7H,1,4-6H2,2H3;6,9H,2-5H2,1H3;5,7H,2-4H2,1H3/t9-;5-;8-;7-;6-;2*7-;6-;5-/m001011011/s1. The van der Waals surface area contributed by atoms with E-state index in [1.165, 1.54) is 75.9 Å². The molecule has 0 aromatic heterocycles. The zero-order valence-electron chi connectivity index (χ0n) is 60.3. The first-order chi connectivity index (χ1) is 44.9. The van der Waals surface area contributed by atoms with Crippen LogP contribution in [0.15, 0.2) is 12.7 Å². The Hall–Kier alpha value is -2.40. The summed E-state index contributed by atoms with van der Waals surface area (Å²) in [6.07, 6.45) is 16.9. The number of esters is 2. The summed E-state index contributed by atoms with van der Waals surface area (Å²) in [5.41, 5.74) is 0. The molecule has 558 valence electrons. The van der Waals surface area contributed by atoms with Crippen LogP contribution in [-0.2, 0) is 52.5 Å². The number of hydrogen-bond donors (Lipinski definition) is 6. The van der Waals surface area contributed by atoms with Crippen molar-refractivity contribution >= 4 is 75.2 Å². The summed E-state index contributed by atoms with van der Waals surface area (Å²) < 4.78 is 42.5.